The lowest BCUT2D eigenvalue weighted by molar-refractivity contribution is 0.101. The molecule has 0 aromatic heterocycles. The molecule has 1 aromatic rings. The Balaban J connectivity index is 2.68. The first-order valence-electron chi connectivity index (χ1n) is 4.96. The summed E-state index contributed by atoms with van der Waals surface area (Å²) < 4.78 is 0. The zero-order valence-corrected chi connectivity index (χ0v) is 10.0. The molecule has 0 radical (unpaired) electrons. The lowest BCUT2D eigenvalue weighted by atomic mass is 10.2. The van der Waals surface area contributed by atoms with Crippen LogP contribution in [0.5, 0.6) is 0 Å². The van der Waals surface area contributed by atoms with Crippen molar-refractivity contribution in [2.75, 3.05) is 0 Å². The molecule has 0 heterocycles. The molecule has 2 atom stereocenters. The fourth-order valence-electron chi connectivity index (χ4n) is 1.08. The summed E-state index contributed by atoms with van der Waals surface area (Å²) in [5.41, 5.74) is 0.726. The summed E-state index contributed by atoms with van der Waals surface area (Å²) in [5, 5.41) is 9.51. The maximum atomic E-state index is 11.0. The number of benzene rings is 1. The second kappa shape index (κ2) is 5.33. The van der Waals surface area contributed by atoms with Crippen LogP contribution >= 0.6 is 11.8 Å². The molecular formula is C12H16O2S. The van der Waals surface area contributed by atoms with Crippen LogP contribution in [0.2, 0.25) is 0 Å². The van der Waals surface area contributed by atoms with Gasteiger partial charge in [0.25, 0.3) is 0 Å². The Hall–Kier alpha value is -0.800. The lowest BCUT2D eigenvalue weighted by Gasteiger charge is -2.13. The molecule has 0 saturated carbocycles. The summed E-state index contributed by atoms with van der Waals surface area (Å²) >= 11 is 1.61. The Morgan fingerprint density at radius 2 is 1.80 bits per heavy atom. The molecule has 0 aliphatic rings. The van der Waals surface area contributed by atoms with Crippen molar-refractivity contribution in [3.63, 3.8) is 0 Å². The van der Waals surface area contributed by atoms with E-state index in [2.05, 4.69) is 0 Å². The van der Waals surface area contributed by atoms with E-state index in [1.807, 2.05) is 31.2 Å². The molecule has 0 fully saturated rings. The molecule has 0 aliphatic carbocycles. The number of thioether (sulfide) groups is 1. The second-order valence-corrected chi connectivity index (χ2v) is 5.09. The third kappa shape index (κ3) is 3.68. The van der Waals surface area contributed by atoms with Crippen LogP contribution in [0.3, 0.4) is 0 Å². The van der Waals surface area contributed by atoms with E-state index in [9.17, 15) is 9.90 Å². The average molecular weight is 224 g/mol. The van der Waals surface area contributed by atoms with Gasteiger partial charge in [0.1, 0.15) is 0 Å². The summed E-state index contributed by atoms with van der Waals surface area (Å²) in [5.74, 6) is 0.0788. The van der Waals surface area contributed by atoms with Crippen LogP contribution in [-0.2, 0) is 0 Å². The zero-order valence-electron chi connectivity index (χ0n) is 9.23. The Labute approximate surface area is 94.7 Å². The van der Waals surface area contributed by atoms with Gasteiger partial charge >= 0.3 is 0 Å². The fourth-order valence-corrected chi connectivity index (χ4v) is 2.00. The molecule has 1 rings (SSSR count). The quantitative estimate of drug-likeness (QED) is 0.631. The van der Waals surface area contributed by atoms with Crippen LogP contribution in [0, 0.1) is 0 Å². The molecular weight excluding hydrogens is 208 g/mol. The summed E-state index contributed by atoms with van der Waals surface area (Å²) in [4.78, 5) is 12.1. The normalized spacial score (nSPS) is 14.7. The van der Waals surface area contributed by atoms with Crippen molar-refractivity contribution in [2.24, 2.45) is 0 Å². The minimum Gasteiger partial charge on any atom is -0.392 e. The Morgan fingerprint density at radius 1 is 1.27 bits per heavy atom. The molecule has 1 aromatic carbocycles. The van der Waals surface area contributed by atoms with Crippen molar-refractivity contribution in [1.29, 1.82) is 0 Å². The lowest BCUT2D eigenvalue weighted by Crippen LogP contribution is -2.14. The van der Waals surface area contributed by atoms with E-state index in [4.69, 9.17) is 0 Å². The summed E-state index contributed by atoms with van der Waals surface area (Å²) in [6, 6.07) is 7.47. The number of aliphatic hydroxyl groups excluding tert-OH is 1. The van der Waals surface area contributed by atoms with Gasteiger partial charge in [0.2, 0.25) is 0 Å². The minimum atomic E-state index is -0.331. The number of hydrogen-bond donors (Lipinski definition) is 1. The molecule has 0 amide bonds. The first kappa shape index (κ1) is 12.3. The Kier molecular flexibility index (Phi) is 4.36. The smallest absolute Gasteiger partial charge is 0.159 e. The topological polar surface area (TPSA) is 37.3 Å². The number of rotatable bonds is 4. The van der Waals surface area contributed by atoms with Gasteiger partial charge in [-0.1, -0.05) is 19.1 Å². The van der Waals surface area contributed by atoms with Crippen molar-refractivity contribution < 1.29 is 9.90 Å². The first-order chi connectivity index (χ1) is 7.00. The Morgan fingerprint density at radius 3 is 2.20 bits per heavy atom. The maximum absolute atomic E-state index is 11.0. The van der Waals surface area contributed by atoms with Crippen molar-refractivity contribution in [2.45, 2.75) is 37.0 Å². The molecule has 2 nitrogen and oxygen atoms in total. The molecule has 0 bridgehead atoms. The largest absolute Gasteiger partial charge is 0.392 e. The molecule has 2 unspecified atom stereocenters. The third-order valence-corrected chi connectivity index (χ3v) is 3.57. The van der Waals surface area contributed by atoms with E-state index in [-0.39, 0.29) is 17.1 Å². The highest BCUT2D eigenvalue weighted by Crippen LogP contribution is 2.25. The molecule has 0 spiro atoms. The number of Topliss-reactive ketones (excluding diaryl/α,β-unsaturated/α-hetero) is 1. The van der Waals surface area contributed by atoms with Crippen molar-refractivity contribution in [3.8, 4) is 0 Å². The number of aliphatic hydroxyl groups is 1. The molecule has 0 saturated heterocycles. The predicted molar refractivity (Wildman–Crippen MR) is 63.4 cm³/mol. The van der Waals surface area contributed by atoms with E-state index in [0.29, 0.717) is 0 Å². The highest BCUT2D eigenvalue weighted by Gasteiger charge is 2.10. The molecule has 3 heteroatoms. The highest BCUT2D eigenvalue weighted by molar-refractivity contribution is 8.00. The number of carbonyl (C=O) groups is 1. The Bertz CT molecular complexity index is 330. The van der Waals surface area contributed by atoms with Gasteiger partial charge in [-0.2, -0.15) is 0 Å². The molecule has 0 aliphatic heterocycles. The van der Waals surface area contributed by atoms with E-state index >= 15 is 0 Å². The number of carbonyl (C=O) groups excluding carboxylic acids is 1. The van der Waals surface area contributed by atoms with E-state index in [1.165, 1.54) is 0 Å². The van der Waals surface area contributed by atoms with Gasteiger partial charge in [-0.05, 0) is 26.0 Å². The van der Waals surface area contributed by atoms with Gasteiger partial charge in [-0.25, -0.2) is 0 Å². The van der Waals surface area contributed by atoms with Crippen LogP contribution in [0.1, 0.15) is 31.1 Å². The van der Waals surface area contributed by atoms with Crippen LogP contribution in [-0.4, -0.2) is 22.2 Å². The predicted octanol–water partition coefficient (Wildman–Crippen LogP) is 2.75. The van der Waals surface area contributed by atoms with Crippen molar-refractivity contribution >= 4 is 17.5 Å². The van der Waals surface area contributed by atoms with Crippen LogP contribution in [0.25, 0.3) is 0 Å². The van der Waals surface area contributed by atoms with E-state index < -0.39 is 0 Å². The summed E-state index contributed by atoms with van der Waals surface area (Å²) in [6.45, 7) is 5.32. The molecule has 82 valence electrons. The third-order valence-electron chi connectivity index (χ3n) is 2.26. The van der Waals surface area contributed by atoms with E-state index in [1.54, 1.807) is 25.6 Å². The van der Waals surface area contributed by atoms with Crippen LogP contribution < -0.4 is 0 Å². The summed E-state index contributed by atoms with van der Waals surface area (Å²) in [7, 11) is 0. The van der Waals surface area contributed by atoms with Gasteiger partial charge in [-0.3, -0.25) is 4.79 Å². The van der Waals surface area contributed by atoms with Crippen molar-refractivity contribution in [3.05, 3.63) is 29.8 Å². The van der Waals surface area contributed by atoms with Gasteiger partial charge in [0, 0.05) is 15.7 Å². The maximum Gasteiger partial charge on any atom is 0.159 e. The van der Waals surface area contributed by atoms with Gasteiger partial charge in [0.15, 0.2) is 5.78 Å². The van der Waals surface area contributed by atoms with Gasteiger partial charge in [-0.15, -0.1) is 11.8 Å². The van der Waals surface area contributed by atoms with Crippen molar-refractivity contribution in [1.82, 2.24) is 0 Å². The van der Waals surface area contributed by atoms with Gasteiger partial charge in [0.05, 0.1) is 6.10 Å². The molecule has 1 N–H and O–H groups in total. The standard InChI is InChI=1S/C12H16O2S/c1-8(13)10(3)15-12-6-4-11(5-7-12)9(2)14/h4-8,10,13H,1-3H3. The zero-order chi connectivity index (χ0) is 11.4. The fraction of sp³-hybridized carbons (Fsp3) is 0.417. The van der Waals surface area contributed by atoms with Crippen LogP contribution in [0.4, 0.5) is 0 Å². The number of ketones is 1. The first-order valence-corrected chi connectivity index (χ1v) is 5.84. The average Bonchev–Trinajstić information content (AvgIpc) is 2.18. The molecule has 15 heavy (non-hydrogen) atoms. The van der Waals surface area contributed by atoms with E-state index in [0.717, 1.165) is 10.5 Å². The highest BCUT2D eigenvalue weighted by atomic mass is 32.2. The summed E-state index contributed by atoms with van der Waals surface area (Å²) in [6.07, 6.45) is -0.331. The minimum absolute atomic E-state index is 0.0788. The van der Waals surface area contributed by atoms with Gasteiger partial charge < -0.3 is 5.11 Å². The SMILES string of the molecule is CC(=O)c1ccc(SC(C)C(C)O)cc1. The second-order valence-electron chi connectivity index (χ2n) is 3.64. The van der Waals surface area contributed by atoms with Crippen LogP contribution in [0.15, 0.2) is 29.2 Å². The monoisotopic (exact) mass is 224 g/mol. The number of hydrogen-bond acceptors (Lipinski definition) is 3.